The SMILES string of the molecule is Cc1ccc(C(C)NC(=O)CN(c2ccc(F)cc2)S(=O)(=O)c2cccs2)c(C)c1. The molecule has 0 saturated heterocycles. The molecule has 0 aliphatic carbocycles. The Hall–Kier alpha value is -2.71. The minimum absolute atomic E-state index is 0.113. The van der Waals surface area contributed by atoms with Crippen molar-refractivity contribution in [3.05, 3.63) is 82.5 Å². The van der Waals surface area contributed by atoms with Crippen LogP contribution in [-0.2, 0) is 14.8 Å². The molecule has 5 nitrogen and oxygen atoms in total. The molecule has 30 heavy (non-hydrogen) atoms. The Bertz CT molecular complexity index is 1130. The van der Waals surface area contributed by atoms with Crippen LogP contribution in [0.5, 0.6) is 0 Å². The Balaban J connectivity index is 1.85. The summed E-state index contributed by atoms with van der Waals surface area (Å²) in [5.74, 6) is -0.938. The van der Waals surface area contributed by atoms with E-state index in [2.05, 4.69) is 5.32 Å². The minimum Gasteiger partial charge on any atom is -0.348 e. The van der Waals surface area contributed by atoms with Gasteiger partial charge < -0.3 is 5.32 Å². The third kappa shape index (κ3) is 4.88. The van der Waals surface area contributed by atoms with Crippen molar-refractivity contribution in [2.75, 3.05) is 10.8 Å². The number of hydrogen-bond acceptors (Lipinski definition) is 4. The third-order valence-electron chi connectivity index (χ3n) is 4.71. The second kappa shape index (κ2) is 8.97. The number of carbonyl (C=O) groups excluding carboxylic acids is 1. The monoisotopic (exact) mass is 446 g/mol. The Kier molecular flexibility index (Phi) is 6.58. The summed E-state index contributed by atoms with van der Waals surface area (Å²) < 4.78 is 40.7. The molecule has 0 spiro atoms. The molecule has 1 heterocycles. The van der Waals surface area contributed by atoms with Gasteiger partial charge in [-0.15, -0.1) is 11.3 Å². The van der Waals surface area contributed by atoms with Crippen LogP contribution in [0, 0.1) is 19.7 Å². The zero-order chi connectivity index (χ0) is 21.9. The summed E-state index contributed by atoms with van der Waals surface area (Å²) in [6.07, 6.45) is 0. The zero-order valence-corrected chi connectivity index (χ0v) is 18.6. The van der Waals surface area contributed by atoms with Gasteiger partial charge in [0.1, 0.15) is 16.6 Å². The second-order valence-electron chi connectivity index (χ2n) is 7.07. The van der Waals surface area contributed by atoms with Gasteiger partial charge in [-0.05, 0) is 67.6 Å². The van der Waals surface area contributed by atoms with Gasteiger partial charge in [-0.3, -0.25) is 9.10 Å². The average molecular weight is 447 g/mol. The summed E-state index contributed by atoms with van der Waals surface area (Å²) in [7, 11) is -3.96. The van der Waals surface area contributed by atoms with Gasteiger partial charge in [-0.25, -0.2) is 12.8 Å². The number of benzene rings is 2. The van der Waals surface area contributed by atoms with Gasteiger partial charge in [0, 0.05) is 0 Å². The molecule has 8 heteroatoms. The summed E-state index contributed by atoms with van der Waals surface area (Å²) in [6, 6.07) is 13.8. The van der Waals surface area contributed by atoms with Gasteiger partial charge in [-0.1, -0.05) is 29.8 Å². The van der Waals surface area contributed by atoms with Crippen LogP contribution in [0.15, 0.2) is 64.2 Å². The van der Waals surface area contributed by atoms with Gasteiger partial charge in [0.25, 0.3) is 10.0 Å². The van der Waals surface area contributed by atoms with E-state index < -0.39 is 28.3 Å². The maximum absolute atomic E-state index is 13.4. The van der Waals surface area contributed by atoms with E-state index in [1.165, 1.54) is 30.3 Å². The van der Waals surface area contributed by atoms with Crippen LogP contribution in [0.2, 0.25) is 0 Å². The lowest BCUT2D eigenvalue weighted by atomic mass is 10.0. The summed E-state index contributed by atoms with van der Waals surface area (Å²) in [4.78, 5) is 12.8. The second-order valence-corrected chi connectivity index (χ2v) is 10.1. The first kappa shape index (κ1) is 22.0. The number of sulfonamides is 1. The van der Waals surface area contributed by atoms with E-state index in [9.17, 15) is 17.6 Å². The molecule has 1 amide bonds. The topological polar surface area (TPSA) is 66.5 Å². The summed E-state index contributed by atoms with van der Waals surface area (Å²) in [5.41, 5.74) is 3.35. The number of amides is 1. The number of carbonyl (C=O) groups is 1. The predicted molar refractivity (Wildman–Crippen MR) is 118 cm³/mol. The molecule has 3 rings (SSSR count). The number of nitrogens with zero attached hydrogens (tertiary/aromatic N) is 1. The van der Waals surface area contributed by atoms with Crippen molar-refractivity contribution in [1.82, 2.24) is 5.32 Å². The maximum atomic E-state index is 13.4. The molecule has 0 fully saturated rings. The Morgan fingerprint density at radius 1 is 1.13 bits per heavy atom. The quantitative estimate of drug-likeness (QED) is 0.578. The highest BCUT2D eigenvalue weighted by Crippen LogP contribution is 2.27. The molecule has 2 aromatic carbocycles. The highest BCUT2D eigenvalue weighted by atomic mass is 32.2. The van der Waals surface area contributed by atoms with Crippen molar-refractivity contribution < 1.29 is 17.6 Å². The Morgan fingerprint density at radius 2 is 1.83 bits per heavy atom. The lowest BCUT2D eigenvalue weighted by molar-refractivity contribution is -0.120. The Morgan fingerprint density at radius 3 is 2.43 bits per heavy atom. The molecule has 0 saturated carbocycles. The maximum Gasteiger partial charge on any atom is 0.274 e. The zero-order valence-electron chi connectivity index (χ0n) is 16.9. The fourth-order valence-corrected chi connectivity index (χ4v) is 5.77. The molecule has 0 bridgehead atoms. The van der Waals surface area contributed by atoms with E-state index in [4.69, 9.17) is 0 Å². The van der Waals surface area contributed by atoms with Gasteiger partial charge >= 0.3 is 0 Å². The first-order chi connectivity index (χ1) is 14.2. The van der Waals surface area contributed by atoms with Crippen LogP contribution in [-0.4, -0.2) is 20.9 Å². The van der Waals surface area contributed by atoms with Crippen LogP contribution < -0.4 is 9.62 Å². The molecule has 0 aliphatic heterocycles. The third-order valence-corrected chi connectivity index (χ3v) is 7.86. The van der Waals surface area contributed by atoms with Crippen molar-refractivity contribution >= 4 is 33.0 Å². The van der Waals surface area contributed by atoms with Crippen LogP contribution in [0.25, 0.3) is 0 Å². The van der Waals surface area contributed by atoms with Crippen molar-refractivity contribution in [2.45, 2.75) is 31.0 Å². The van der Waals surface area contributed by atoms with Crippen LogP contribution in [0.1, 0.15) is 29.7 Å². The summed E-state index contributed by atoms with van der Waals surface area (Å²) in [6.45, 7) is 5.40. The lowest BCUT2D eigenvalue weighted by Crippen LogP contribution is -2.41. The normalized spacial score (nSPS) is 12.4. The van der Waals surface area contributed by atoms with Crippen molar-refractivity contribution in [3.8, 4) is 0 Å². The highest BCUT2D eigenvalue weighted by molar-refractivity contribution is 7.94. The van der Waals surface area contributed by atoms with Crippen molar-refractivity contribution in [3.63, 3.8) is 0 Å². The van der Waals surface area contributed by atoms with Crippen molar-refractivity contribution in [1.29, 1.82) is 0 Å². The van der Waals surface area contributed by atoms with Gasteiger partial charge in [0.05, 0.1) is 11.7 Å². The molecule has 1 N–H and O–H groups in total. The lowest BCUT2D eigenvalue weighted by Gasteiger charge is -2.25. The summed E-state index contributed by atoms with van der Waals surface area (Å²) in [5, 5.41) is 4.52. The molecule has 1 aromatic heterocycles. The number of aryl methyl sites for hydroxylation is 2. The van der Waals surface area contributed by atoms with Crippen LogP contribution in [0.3, 0.4) is 0 Å². The molecular weight excluding hydrogens is 423 g/mol. The fourth-order valence-electron chi connectivity index (χ4n) is 3.25. The number of hydrogen-bond donors (Lipinski definition) is 1. The molecule has 1 atom stereocenters. The molecule has 3 aromatic rings. The first-order valence-corrected chi connectivity index (χ1v) is 11.7. The Labute approximate surface area is 180 Å². The van der Waals surface area contributed by atoms with E-state index in [1.54, 1.807) is 11.4 Å². The number of anilines is 1. The van der Waals surface area contributed by atoms with E-state index >= 15 is 0 Å². The largest absolute Gasteiger partial charge is 0.348 e. The number of halogens is 1. The van der Waals surface area contributed by atoms with E-state index in [0.717, 1.165) is 32.3 Å². The molecular formula is C22H23FN2O3S2. The average Bonchev–Trinajstić information content (AvgIpc) is 3.22. The minimum atomic E-state index is -3.96. The van der Waals surface area contributed by atoms with Gasteiger partial charge in [-0.2, -0.15) is 0 Å². The number of rotatable bonds is 7. The number of thiophene rings is 1. The molecule has 0 aliphatic rings. The van der Waals surface area contributed by atoms with E-state index in [0.29, 0.717) is 0 Å². The van der Waals surface area contributed by atoms with E-state index in [-0.39, 0.29) is 15.9 Å². The van der Waals surface area contributed by atoms with Gasteiger partial charge in [0.2, 0.25) is 5.91 Å². The fraction of sp³-hybridized carbons (Fsp3) is 0.227. The van der Waals surface area contributed by atoms with Crippen LogP contribution in [0.4, 0.5) is 10.1 Å². The molecule has 1 unspecified atom stereocenters. The van der Waals surface area contributed by atoms with E-state index in [1.807, 2.05) is 39.0 Å². The summed E-state index contributed by atoms with van der Waals surface area (Å²) >= 11 is 1.06. The number of nitrogens with one attached hydrogen (secondary N) is 1. The highest BCUT2D eigenvalue weighted by Gasteiger charge is 2.28. The van der Waals surface area contributed by atoms with Crippen molar-refractivity contribution in [2.24, 2.45) is 0 Å². The van der Waals surface area contributed by atoms with Crippen LogP contribution >= 0.6 is 11.3 Å². The first-order valence-electron chi connectivity index (χ1n) is 9.37. The predicted octanol–water partition coefficient (Wildman–Crippen LogP) is 4.58. The molecule has 158 valence electrons. The standard InChI is InChI=1S/C22H23FN2O3S2/c1-15-6-11-20(16(2)13-15)17(3)24-21(26)14-25(19-9-7-18(23)8-10-19)30(27,28)22-5-4-12-29-22/h4-13,17H,14H2,1-3H3,(H,24,26). The molecule has 0 radical (unpaired) electrons. The van der Waals surface area contributed by atoms with Gasteiger partial charge in [0.15, 0.2) is 0 Å². The smallest absolute Gasteiger partial charge is 0.274 e.